The molecule has 0 saturated carbocycles. The van der Waals surface area contributed by atoms with Crippen LogP contribution in [-0.2, 0) is 6.54 Å². The average molecular weight is 261 g/mol. The molecule has 2 aromatic rings. The van der Waals surface area contributed by atoms with Crippen molar-refractivity contribution in [2.75, 3.05) is 19.0 Å². The monoisotopic (exact) mass is 261 g/mol. The normalized spacial score (nSPS) is 10.3. The van der Waals surface area contributed by atoms with Crippen molar-refractivity contribution in [3.63, 3.8) is 0 Å². The number of hydrogen-bond donors (Lipinski definition) is 2. The van der Waals surface area contributed by atoms with Gasteiger partial charge in [-0.2, -0.15) is 0 Å². The fourth-order valence-corrected chi connectivity index (χ4v) is 1.81. The van der Waals surface area contributed by atoms with E-state index in [1.54, 1.807) is 13.4 Å². The standard InChI is InChI=1S/C14H19N3O2/c1-4-19-14-7-11(5-6-13(14)18-3)15-8-12-10(2)16-9-17-12/h5-7,9,15H,4,8H2,1-3H3,(H,16,17). The number of nitrogens with one attached hydrogen (secondary N) is 2. The number of aryl methyl sites for hydroxylation is 1. The van der Waals surface area contributed by atoms with Crippen LogP contribution in [0.15, 0.2) is 24.5 Å². The fourth-order valence-electron chi connectivity index (χ4n) is 1.81. The molecule has 0 radical (unpaired) electrons. The van der Waals surface area contributed by atoms with Gasteiger partial charge in [0.25, 0.3) is 0 Å². The summed E-state index contributed by atoms with van der Waals surface area (Å²) in [6.07, 6.45) is 1.70. The van der Waals surface area contributed by atoms with Crippen LogP contribution in [0.25, 0.3) is 0 Å². The van der Waals surface area contributed by atoms with Gasteiger partial charge in [-0.3, -0.25) is 0 Å². The lowest BCUT2D eigenvalue weighted by atomic mass is 10.2. The molecular formula is C14H19N3O2. The molecule has 0 atom stereocenters. The predicted octanol–water partition coefficient (Wildman–Crippen LogP) is 2.74. The van der Waals surface area contributed by atoms with Gasteiger partial charge in [-0.05, 0) is 26.0 Å². The number of imidazole rings is 1. The van der Waals surface area contributed by atoms with Crippen LogP contribution < -0.4 is 14.8 Å². The van der Waals surface area contributed by atoms with Crippen molar-refractivity contribution in [2.24, 2.45) is 0 Å². The maximum atomic E-state index is 5.54. The van der Waals surface area contributed by atoms with Gasteiger partial charge >= 0.3 is 0 Å². The Morgan fingerprint density at radius 1 is 1.32 bits per heavy atom. The molecule has 0 aliphatic heterocycles. The summed E-state index contributed by atoms with van der Waals surface area (Å²) in [5.41, 5.74) is 3.06. The van der Waals surface area contributed by atoms with Crippen molar-refractivity contribution in [2.45, 2.75) is 20.4 Å². The van der Waals surface area contributed by atoms with Crippen LogP contribution in [0.5, 0.6) is 11.5 Å². The number of hydrogen-bond acceptors (Lipinski definition) is 4. The molecule has 0 amide bonds. The largest absolute Gasteiger partial charge is 0.493 e. The number of benzene rings is 1. The summed E-state index contributed by atoms with van der Waals surface area (Å²) in [4.78, 5) is 7.31. The first-order valence-corrected chi connectivity index (χ1v) is 6.28. The Morgan fingerprint density at radius 2 is 2.16 bits per heavy atom. The van der Waals surface area contributed by atoms with Crippen LogP contribution in [0.2, 0.25) is 0 Å². The zero-order chi connectivity index (χ0) is 13.7. The van der Waals surface area contributed by atoms with Gasteiger partial charge in [0.05, 0.1) is 32.3 Å². The number of aromatic nitrogens is 2. The molecule has 19 heavy (non-hydrogen) atoms. The van der Waals surface area contributed by atoms with Gasteiger partial charge < -0.3 is 19.8 Å². The van der Waals surface area contributed by atoms with Crippen molar-refractivity contribution < 1.29 is 9.47 Å². The van der Waals surface area contributed by atoms with Crippen LogP contribution in [0.4, 0.5) is 5.69 Å². The molecule has 0 saturated heterocycles. The molecular weight excluding hydrogens is 242 g/mol. The molecule has 5 nitrogen and oxygen atoms in total. The minimum absolute atomic E-state index is 0.609. The summed E-state index contributed by atoms with van der Waals surface area (Å²) in [5.74, 6) is 1.48. The Kier molecular flexibility index (Phi) is 4.28. The van der Waals surface area contributed by atoms with Crippen molar-refractivity contribution in [1.82, 2.24) is 9.97 Å². The van der Waals surface area contributed by atoms with E-state index < -0.39 is 0 Å². The Morgan fingerprint density at radius 3 is 2.79 bits per heavy atom. The van der Waals surface area contributed by atoms with E-state index in [-0.39, 0.29) is 0 Å². The molecule has 1 heterocycles. The van der Waals surface area contributed by atoms with E-state index in [0.717, 1.165) is 28.6 Å². The molecule has 0 unspecified atom stereocenters. The SMILES string of the molecule is CCOc1cc(NCc2nc[nH]c2C)ccc1OC. The summed E-state index contributed by atoms with van der Waals surface area (Å²) >= 11 is 0. The lowest BCUT2D eigenvalue weighted by Gasteiger charge is -2.12. The number of rotatable bonds is 6. The van der Waals surface area contributed by atoms with Gasteiger partial charge in [-0.25, -0.2) is 4.98 Å². The molecule has 2 rings (SSSR count). The van der Waals surface area contributed by atoms with Gasteiger partial charge in [0.2, 0.25) is 0 Å². The highest BCUT2D eigenvalue weighted by Gasteiger charge is 2.06. The Hall–Kier alpha value is -2.17. The summed E-state index contributed by atoms with van der Waals surface area (Å²) in [6.45, 7) is 5.24. The second kappa shape index (κ2) is 6.13. The van der Waals surface area contributed by atoms with Gasteiger partial charge in [-0.1, -0.05) is 0 Å². The van der Waals surface area contributed by atoms with E-state index >= 15 is 0 Å². The van der Waals surface area contributed by atoms with Gasteiger partial charge in [0, 0.05) is 17.4 Å². The second-order valence-corrected chi connectivity index (χ2v) is 4.13. The number of nitrogens with zero attached hydrogens (tertiary/aromatic N) is 1. The third kappa shape index (κ3) is 3.19. The minimum Gasteiger partial charge on any atom is -0.493 e. The van der Waals surface area contributed by atoms with E-state index in [0.29, 0.717) is 13.2 Å². The van der Waals surface area contributed by atoms with E-state index in [4.69, 9.17) is 9.47 Å². The van der Waals surface area contributed by atoms with Crippen molar-refractivity contribution in [3.05, 3.63) is 35.9 Å². The molecule has 1 aromatic heterocycles. The highest BCUT2D eigenvalue weighted by molar-refractivity contribution is 5.54. The van der Waals surface area contributed by atoms with Crippen LogP contribution in [-0.4, -0.2) is 23.7 Å². The Labute approximate surface area is 113 Å². The molecule has 1 aromatic carbocycles. The molecule has 0 aliphatic rings. The van der Waals surface area contributed by atoms with E-state index in [9.17, 15) is 0 Å². The number of aromatic amines is 1. The zero-order valence-electron chi connectivity index (χ0n) is 11.5. The summed E-state index contributed by atoms with van der Waals surface area (Å²) in [5, 5.41) is 3.32. The molecule has 2 N–H and O–H groups in total. The topological polar surface area (TPSA) is 59.2 Å². The average Bonchev–Trinajstić information content (AvgIpc) is 2.82. The smallest absolute Gasteiger partial charge is 0.163 e. The summed E-state index contributed by atoms with van der Waals surface area (Å²) in [7, 11) is 1.64. The molecule has 0 spiro atoms. The summed E-state index contributed by atoms with van der Waals surface area (Å²) in [6, 6.07) is 5.79. The first-order chi connectivity index (χ1) is 9.24. The van der Waals surface area contributed by atoms with E-state index in [1.807, 2.05) is 32.0 Å². The number of methoxy groups -OCH3 is 1. The first kappa shape index (κ1) is 13.3. The lowest BCUT2D eigenvalue weighted by molar-refractivity contribution is 0.311. The molecule has 0 aliphatic carbocycles. The number of anilines is 1. The van der Waals surface area contributed by atoms with Gasteiger partial charge in [0.1, 0.15) is 0 Å². The Bertz CT molecular complexity index is 537. The van der Waals surface area contributed by atoms with Crippen LogP contribution in [0, 0.1) is 6.92 Å². The number of H-pyrrole nitrogens is 1. The highest BCUT2D eigenvalue weighted by atomic mass is 16.5. The Balaban J connectivity index is 2.08. The van der Waals surface area contributed by atoms with Crippen molar-refractivity contribution in [1.29, 1.82) is 0 Å². The first-order valence-electron chi connectivity index (χ1n) is 6.28. The molecule has 102 valence electrons. The van der Waals surface area contributed by atoms with E-state index in [2.05, 4.69) is 15.3 Å². The highest BCUT2D eigenvalue weighted by Crippen LogP contribution is 2.30. The maximum Gasteiger partial charge on any atom is 0.163 e. The van der Waals surface area contributed by atoms with Gasteiger partial charge in [-0.15, -0.1) is 0 Å². The molecule has 5 heteroatoms. The zero-order valence-corrected chi connectivity index (χ0v) is 11.5. The third-order valence-electron chi connectivity index (χ3n) is 2.86. The second-order valence-electron chi connectivity index (χ2n) is 4.13. The fraction of sp³-hybridized carbons (Fsp3) is 0.357. The van der Waals surface area contributed by atoms with Crippen LogP contribution >= 0.6 is 0 Å². The number of ether oxygens (including phenoxy) is 2. The molecule has 0 fully saturated rings. The quantitative estimate of drug-likeness (QED) is 0.839. The summed E-state index contributed by atoms with van der Waals surface area (Å²) < 4.78 is 10.8. The molecule has 0 bridgehead atoms. The third-order valence-corrected chi connectivity index (χ3v) is 2.86. The van der Waals surface area contributed by atoms with Gasteiger partial charge in [0.15, 0.2) is 11.5 Å². The lowest BCUT2D eigenvalue weighted by Crippen LogP contribution is -2.02. The maximum absolute atomic E-state index is 5.54. The van der Waals surface area contributed by atoms with E-state index in [1.165, 1.54) is 0 Å². The van der Waals surface area contributed by atoms with Crippen molar-refractivity contribution >= 4 is 5.69 Å². The van der Waals surface area contributed by atoms with Crippen molar-refractivity contribution in [3.8, 4) is 11.5 Å². The van der Waals surface area contributed by atoms with Crippen LogP contribution in [0.1, 0.15) is 18.3 Å². The van der Waals surface area contributed by atoms with Crippen LogP contribution in [0.3, 0.4) is 0 Å². The predicted molar refractivity (Wildman–Crippen MR) is 74.8 cm³/mol. The minimum atomic E-state index is 0.609.